The van der Waals surface area contributed by atoms with Crippen LogP contribution >= 0.6 is 0 Å². The molecule has 0 heterocycles. The van der Waals surface area contributed by atoms with Gasteiger partial charge in [-0.3, -0.25) is 0 Å². The van der Waals surface area contributed by atoms with Gasteiger partial charge in [0.2, 0.25) is 0 Å². The van der Waals surface area contributed by atoms with Crippen molar-refractivity contribution in [3.63, 3.8) is 0 Å². The Labute approximate surface area is 132 Å². The Kier molecular flexibility index (Phi) is 3.59. The van der Waals surface area contributed by atoms with Crippen LogP contribution in [0, 0.1) is 6.07 Å². The summed E-state index contributed by atoms with van der Waals surface area (Å²) >= 11 is 0. The van der Waals surface area contributed by atoms with E-state index >= 15 is 0 Å². The summed E-state index contributed by atoms with van der Waals surface area (Å²) in [5.74, 6) is 0. The second-order valence-corrected chi connectivity index (χ2v) is 3.42. The van der Waals surface area contributed by atoms with Crippen LogP contribution in [-0.4, -0.2) is 0 Å². The monoisotopic (exact) mass is 216 g/mol. The summed E-state index contributed by atoms with van der Waals surface area (Å²) in [6, 6.07) is 22.1. The molecule has 0 aliphatic heterocycles. The van der Waals surface area contributed by atoms with Crippen molar-refractivity contribution in [2.75, 3.05) is 0 Å². The first-order valence-electron chi connectivity index (χ1n) is 4.73. The van der Waals surface area contributed by atoms with Gasteiger partial charge in [0.25, 0.3) is 0 Å². The summed E-state index contributed by atoms with van der Waals surface area (Å²) in [7, 11) is 0. The number of hydrogen-bond acceptors (Lipinski definition) is 0. The van der Waals surface area contributed by atoms with Crippen molar-refractivity contribution < 1.29 is 51.4 Å². The molecule has 0 atom stereocenters. The normalized spacial score (nSPS) is 10.1. The molecular formula is C14H9K. The van der Waals surface area contributed by atoms with Gasteiger partial charge >= 0.3 is 51.4 Å². The Morgan fingerprint density at radius 3 is 2.47 bits per heavy atom. The number of benzene rings is 3. The summed E-state index contributed by atoms with van der Waals surface area (Å²) in [5, 5.41) is 5.07. The van der Waals surface area contributed by atoms with E-state index in [2.05, 4.69) is 48.5 Å². The van der Waals surface area contributed by atoms with Crippen LogP contribution in [0.1, 0.15) is 0 Å². The molecule has 3 rings (SSSR count). The van der Waals surface area contributed by atoms with Crippen LogP contribution in [0.2, 0.25) is 0 Å². The van der Waals surface area contributed by atoms with Crippen molar-refractivity contribution >= 4 is 21.5 Å². The predicted molar refractivity (Wildman–Crippen MR) is 60.3 cm³/mol. The summed E-state index contributed by atoms with van der Waals surface area (Å²) in [6.45, 7) is 0. The molecule has 0 aromatic heterocycles. The summed E-state index contributed by atoms with van der Waals surface area (Å²) < 4.78 is 0. The Morgan fingerprint density at radius 2 is 1.53 bits per heavy atom. The van der Waals surface area contributed by atoms with E-state index in [0.29, 0.717) is 0 Å². The standard InChI is InChI=1S/C14H9.K/c1-3-7-13-11(5-1)9-10-12-6-2-4-8-14(12)13;/h1-5,7-10H;/q-1;+1. The van der Waals surface area contributed by atoms with Gasteiger partial charge in [-0.2, -0.15) is 0 Å². The Hall–Kier alpha value is -0.184. The average Bonchev–Trinajstić information content (AvgIpc) is 2.29. The molecule has 0 saturated carbocycles. The van der Waals surface area contributed by atoms with Gasteiger partial charge in [0.05, 0.1) is 0 Å². The van der Waals surface area contributed by atoms with Crippen LogP contribution in [0.25, 0.3) is 21.5 Å². The zero-order valence-electron chi connectivity index (χ0n) is 8.70. The smallest absolute Gasteiger partial charge is 0.147 e. The van der Waals surface area contributed by atoms with Crippen molar-refractivity contribution in [1.29, 1.82) is 0 Å². The minimum Gasteiger partial charge on any atom is -0.147 e. The quantitative estimate of drug-likeness (QED) is 0.296. The first-order chi connectivity index (χ1) is 6.95. The minimum absolute atomic E-state index is 0. The topological polar surface area (TPSA) is 0 Å². The second kappa shape index (κ2) is 4.77. The molecule has 0 saturated heterocycles. The minimum atomic E-state index is 0. The van der Waals surface area contributed by atoms with Gasteiger partial charge in [0.15, 0.2) is 0 Å². The van der Waals surface area contributed by atoms with Crippen molar-refractivity contribution in [3.05, 3.63) is 60.7 Å². The third-order valence-electron chi connectivity index (χ3n) is 2.57. The maximum Gasteiger partial charge on any atom is 1.00 e. The molecule has 0 nitrogen and oxygen atoms in total. The third kappa shape index (κ3) is 2.03. The molecule has 3 aromatic rings. The molecule has 0 unspecified atom stereocenters. The van der Waals surface area contributed by atoms with E-state index in [-0.39, 0.29) is 51.4 Å². The fourth-order valence-electron chi connectivity index (χ4n) is 1.88. The molecule has 3 aromatic carbocycles. The molecule has 15 heavy (non-hydrogen) atoms. The van der Waals surface area contributed by atoms with Gasteiger partial charge < -0.3 is 0 Å². The summed E-state index contributed by atoms with van der Waals surface area (Å²) in [4.78, 5) is 0. The van der Waals surface area contributed by atoms with Crippen molar-refractivity contribution in [2.45, 2.75) is 0 Å². The molecule has 0 bridgehead atoms. The van der Waals surface area contributed by atoms with E-state index in [4.69, 9.17) is 0 Å². The maximum absolute atomic E-state index is 3.24. The Morgan fingerprint density at radius 1 is 0.733 bits per heavy atom. The number of fused-ring (bicyclic) bond motifs is 3. The molecule has 0 N–H and O–H groups in total. The van der Waals surface area contributed by atoms with E-state index in [1.54, 1.807) is 0 Å². The van der Waals surface area contributed by atoms with E-state index in [9.17, 15) is 0 Å². The first kappa shape index (κ1) is 11.3. The summed E-state index contributed by atoms with van der Waals surface area (Å²) in [6.07, 6.45) is 0. The van der Waals surface area contributed by atoms with E-state index in [0.717, 1.165) is 0 Å². The zero-order valence-corrected chi connectivity index (χ0v) is 11.8. The van der Waals surface area contributed by atoms with E-state index < -0.39 is 0 Å². The molecule has 0 amide bonds. The van der Waals surface area contributed by atoms with Crippen molar-refractivity contribution in [2.24, 2.45) is 0 Å². The molecular weight excluding hydrogens is 207 g/mol. The van der Waals surface area contributed by atoms with Crippen LogP contribution in [0.5, 0.6) is 0 Å². The van der Waals surface area contributed by atoms with E-state index in [1.807, 2.05) is 12.1 Å². The largest absolute Gasteiger partial charge is 1.00 e. The van der Waals surface area contributed by atoms with Crippen LogP contribution in [0.3, 0.4) is 0 Å². The molecule has 0 radical (unpaired) electrons. The SMILES string of the molecule is [K+].[c-]1cccc2c1ccc1ccccc12. The van der Waals surface area contributed by atoms with Crippen LogP contribution in [0.4, 0.5) is 0 Å². The van der Waals surface area contributed by atoms with E-state index in [1.165, 1.54) is 21.5 Å². The predicted octanol–water partition coefficient (Wildman–Crippen LogP) is 0.797. The van der Waals surface area contributed by atoms with Crippen LogP contribution < -0.4 is 51.4 Å². The van der Waals surface area contributed by atoms with Crippen molar-refractivity contribution in [3.8, 4) is 0 Å². The molecule has 1 heteroatoms. The fourth-order valence-corrected chi connectivity index (χ4v) is 1.88. The van der Waals surface area contributed by atoms with Gasteiger partial charge in [-0.15, -0.1) is 41.1 Å². The number of rotatable bonds is 0. The summed E-state index contributed by atoms with van der Waals surface area (Å²) in [5.41, 5.74) is 0. The molecule has 0 spiro atoms. The van der Waals surface area contributed by atoms with Gasteiger partial charge in [-0.05, 0) is 5.39 Å². The maximum atomic E-state index is 3.24. The van der Waals surface area contributed by atoms with Crippen LogP contribution in [0.15, 0.2) is 54.6 Å². The Bertz CT molecular complexity index is 544. The van der Waals surface area contributed by atoms with Crippen molar-refractivity contribution in [1.82, 2.24) is 0 Å². The van der Waals surface area contributed by atoms with Crippen LogP contribution in [-0.2, 0) is 0 Å². The molecule has 0 aliphatic carbocycles. The second-order valence-electron chi connectivity index (χ2n) is 3.42. The van der Waals surface area contributed by atoms with Gasteiger partial charge in [-0.25, -0.2) is 0 Å². The average molecular weight is 216 g/mol. The fraction of sp³-hybridized carbons (Fsp3) is 0. The Balaban J connectivity index is 0.000000853. The van der Waals surface area contributed by atoms with Gasteiger partial charge in [0, 0.05) is 0 Å². The molecule has 66 valence electrons. The zero-order chi connectivity index (χ0) is 9.38. The number of hydrogen-bond donors (Lipinski definition) is 0. The first-order valence-corrected chi connectivity index (χ1v) is 4.73. The van der Waals surface area contributed by atoms with Gasteiger partial charge in [0.1, 0.15) is 0 Å². The molecule has 0 fully saturated rings. The molecule has 0 aliphatic rings. The van der Waals surface area contributed by atoms with Gasteiger partial charge in [-0.1, -0.05) is 35.7 Å². The third-order valence-corrected chi connectivity index (χ3v) is 2.57.